The summed E-state index contributed by atoms with van der Waals surface area (Å²) in [5.41, 5.74) is 6.23. The van der Waals surface area contributed by atoms with Crippen LogP contribution in [0.1, 0.15) is 69.0 Å². The molecule has 0 aliphatic carbocycles. The third kappa shape index (κ3) is 5.21. The lowest BCUT2D eigenvalue weighted by molar-refractivity contribution is -0.138. The molecule has 0 saturated carbocycles. The van der Waals surface area contributed by atoms with Crippen molar-refractivity contribution in [2.45, 2.75) is 87.5 Å². The largest absolute Gasteiger partial charge is 0.481 e. The molecule has 3 unspecified atom stereocenters. The number of rotatable bonds is 11. The van der Waals surface area contributed by atoms with Crippen LogP contribution in [0.5, 0.6) is 0 Å². The summed E-state index contributed by atoms with van der Waals surface area (Å²) >= 11 is 1.21. The number of amides is 2. The summed E-state index contributed by atoms with van der Waals surface area (Å²) in [4.78, 5) is 52.0. The SMILES string of the molecule is C=CC1C(=O)N[C@H](CC2N/C(=C\c3[nH]c(/C=C4\NC(=O)[C@H](C)[C@]45[SH+]C5C)c(C)c3CCC(=O)O)C(CCC(=O)O)=C2C)[C@@]12CO2. The van der Waals surface area contributed by atoms with Crippen molar-refractivity contribution in [1.82, 2.24) is 20.9 Å². The van der Waals surface area contributed by atoms with Gasteiger partial charge in [-0.3, -0.25) is 19.2 Å². The lowest BCUT2D eigenvalue weighted by Crippen LogP contribution is -2.41. The molecular formula is C33H41N4O7S+. The predicted octanol–water partition coefficient (Wildman–Crippen LogP) is 2.36. The zero-order valence-electron chi connectivity index (χ0n) is 26.0. The molecule has 0 radical (unpaired) electrons. The fraction of sp³-hybridized carbons (Fsp3) is 0.515. The summed E-state index contributed by atoms with van der Waals surface area (Å²) in [5.74, 6) is -2.43. The Morgan fingerprint density at radius 3 is 2.31 bits per heavy atom. The second-order valence-electron chi connectivity index (χ2n) is 12.9. The van der Waals surface area contributed by atoms with Crippen molar-refractivity contribution in [3.63, 3.8) is 0 Å². The Morgan fingerprint density at radius 1 is 1.04 bits per heavy atom. The number of aliphatic carboxylic acids is 2. The van der Waals surface area contributed by atoms with Crippen LogP contribution in [-0.4, -0.2) is 73.2 Å². The van der Waals surface area contributed by atoms with E-state index in [2.05, 4.69) is 34.4 Å². The Bertz CT molecular complexity index is 1600. The fourth-order valence-electron chi connectivity index (χ4n) is 7.59. The zero-order valence-corrected chi connectivity index (χ0v) is 26.8. The van der Waals surface area contributed by atoms with Crippen LogP contribution >= 0.6 is 0 Å². The number of carboxylic acid groups (broad SMARTS) is 2. The van der Waals surface area contributed by atoms with Gasteiger partial charge in [-0.05, 0) is 93.1 Å². The number of thiol groups is 1. The number of carbonyl (C=O) groups excluding carboxylic acids is 2. The molecule has 5 aliphatic rings. The molecule has 1 aromatic heterocycles. The first kappa shape index (κ1) is 31.2. The summed E-state index contributed by atoms with van der Waals surface area (Å²) in [6.45, 7) is 12.3. The molecule has 0 bridgehead atoms. The topological polar surface area (TPSA) is 173 Å². The quantitative estimate of drug-likeness (QED) is 0.0929. The number of ether oxygens (including phenoxy) is 1. The van der Waals surface area contributed by atoms with Gasteiger partial charge in [0.1, 0.15) is 5.60 Å². The third-order valence-electron chi connectivity index (χ3n) is 10.5. The minimum atomic E-state index is -0.903. The molecule has 7 atom stereocenters. The zero-order chi connectivity index (χ0) is 32.4. The highest BCUT2D eigenvalue weighted by atomic mass is 32.2. The molecule has 6 heterocycles. The predicted molar refractivity (Wildman–Crippen MR) is 171 cm³/mol. The Hall–Kier alpha value is -3.77. The van der Waals surface area contributed by atoms with Gasteiger partial charge in [0, 0.05) is 36.0 Å². The minimum absolute atomic E-state index is 0.0110. The maximum atomic E-state index is 12.6. The van der Waals surface area contributed by atoms with Gasteiger partial charge >= 0.3 is 11.9 Å². The van der Waals surface area contributed by atoms with Crippen molar-refractivity contribution < 1.29 is 34.1 Å². The maximum Gasteiger partial charge on any atom is 0.303 e. The van der Waals surface area contributed by atoms with E-state index in [1.165, 1.54) is 11.8 Å². The van der Waals surface area contributed by atoms with Crippen molar-refractivity contribution in [3.8, 4) is 0 Å². The van der Waals surface area contributed by atoms with Gasteiger partial charge in [-0.25, -0.2) is 0 Å². The van der Waals surface area contributed by atoms with Crippen LogP contribution in [0.4, 0.5) is 0 Å². The molecule has 11 nitrogen and oxygen atoms in total. The van der Waals surface area contributed by atoms with E-state index in [1.807, 2.05) is 32.9 Å². The van der Waals surface area contributed by atoms with E-state index >= 15 is 0 Å². The standard InChI is InChI=1S/C33H40N4O7S/c1-6-21-31(43)36-26(32(21)14-44-32)12-22-15(2)19(7-9-28(38)39)24(34-22)11-25-20(8-10-29(40)41)16(3)23(35-25)13-27-33(18(5)45-33)17(4)30(42)37-27/h6,11,13,17-18,21-22,26,34-35H,1,7-10,12,14H2,2-5H3,(H,36,43)(H,37,42)(H,38,39)(H,40,41)/p+1/b24-11-,27-13-/t17-,18?,21?,22?,26+,32+,33+/m0/s1. The Labute approximate surface area is 266 Å². The Balaban J connectivity index is 1.35. The average Bonchev–Trinajstić information content (AvgIpc) is 3.80. The molecule has 12 heteroatoms. The summed E-state index contributed by atoms with van der Waals surface area (Å²) in [6, 6.07) is -0.390. The number of nitrogens with one attached hydrogen (secondary N) is 4. The number of aromatic amines is 1. The average molecular weight is 638 g/mol. The third-order valence-corrected chi connectivity index (χ3v) is 12.4. The first-order valence-corrected chi connectivity index (χ1v) is 16.4. The monoisotopic (exact) mass is 637 g/mol. The molecule has 0 aromatic carbocycles. The number of hydrogen-bond donors (Lipinski definition) is 6. The highest BCUT2D eigenvalue weighted by Gasteiger charge is 2.75. The van der Waals surface area contributed by atoms with Crippen LogP contribution in [0.3, 0.4) is 0 Å². The first-order chi connectivity index (χ1) is 21.3. The van der Waals surface area contributed by atoms with E-state index in [1.54, 1.807) is 6.08 Å². The fourth-order valence-corrected chi connectivity index (χ4v) is 9.12. The molecule has 1 aromatic rings. The lowest BCUT2D eigenvalue weighted by Gasteiger charge is -2.22. The van der Waals surface area contributed by atoms with E-state index in [4.69, 9.17) is 4.74 Å². The summed E-state index contributed by atoms with van der Waals surface area (Å²) in [6.07, 6.45) is 6.64. The van der Waals surface area contributed by atoms with Crippen LogP contribution in [-0.2, 0) is 42.1 Å². The van der Waals surface area contributed by atoms with Gasteiger partial charge in [0.25, 0.3) is 0 Å². The van der Waals surface area contributed by atoms with E-state index in [0.29, 0.717) is 31.1 Å². The first-order valence-electron chi connectivity index (χ1n) is 15.5. The molecule has 5 aliphatic heterocycles. The smallest absolute Gasteiger partial charge is 0.303 e. The highest BCUT2D eigenvalue weighted by Crippen LogP contribution is 2.53. The van der Waals surface area contributed by atoms with Gasteiger partial charge in [0.05, 0.1) is 30.2 Å². The molecule has 4 fully saturated rings. The number of epoxide rings is 1. The summed E-state index contributed by atoms with van der Waals surface area (Å²) in [5, 5.41) is 29.1. The Morgan fingerprint density at radius 2 is 1.71 bits per heavy atom. The van der Waals surface area contributed by atoms with Gasteiger partial charge in [-0.15, -0.1) is 6.58 Å². The van der Waals surface area contributed by atoms with Crippen LogP contribution in [0.2, 0.25) is 0 Å². The van der Waals surface area contributed by atoms with Crippen molar-refractivity contribution in [2.24, 2.45) is 11.8 Å². The van der Waals surface area contributed by atoms with Crippen LogP contribution in [0.25, 0.3) is 12.2 Å². The molecule has 6 rings (SSSR count). The van der Waals surface area contributed by atoms with E-state index in [9.17, 15) is 29.4 Å². The van der Waals surface area contributed by atoms with E-state index in [0.717, 1.165) is 45.1 Å². The lowest BCUT2D eigenvalue weighted by atomic mass is 9.86. The van der Waals surface area contributed by atoms with Gasteiger partial charge < -0.3 is 35.9 Å². The van der Waals surface area contributed by atoms with Crippen LogP contribution < -0.4 is 16.0 Å². The molecule has 2 spiro atoms. The van der Waals surface area contributed by atoms with Crippen molar-refractivity contribution >= 4 is 47.7 Å². The molecule has 2 amide bonds. The number of carboxylic acids is 2. The summed E-state index contributed by atoms with van der Waals surface area (Å²) in [7, 11) is 0. The van der Waals surface area contributed by atoms with Gasteiger partial charge in [-0.1, -0.05) is 6.08 Å². The molecule has 45 heavy (non-hydrogen) atoms. The number of H-pyrrole nitrogens is 1. The molecule has 4 saturated heterocycles. The van der Waals surface area contributed by atoms with E-state index < -0.39 is 23.5 Å². The van der Waals surface area contributed by atoms with Crippen molar-refractivity contribution in [3.05, 3.63) is 57.7 Å². The number of aromatic nitrogens is 1. The molecule has 240 valence electrons. The second-order valence-corrected chi connectivity index (χ2v) is 14.7. The second kappa shape index (κ2) is 11.2. The van der Waals surface area contributed by atoms with Gasteiger partial charge in [-0.2, -0.15) is 0 Å². The maximum absolute atomic E-state index is 12.6. The Kier molecular flexibility index (Phi) is 7.80. The summed E-state index contributed by atoms with van der Waals surface area (Å²) < 4.78 is 5.59. The highest BCUT2D eigenvalue weighted by molar-refractivity contribution is 7.89. The number of hydrogen-bond acceptors (Lipinski definition) is 6. The van der Waals surface area contributed by atoms with Crippen molar-refractivity contribution in [2.75, 3.05) is 6.61 Å². The van der Waals surface area contributed by atoms with Gasteiger partial charge in [0.15, 0.2) is 5.25 Å². The minimum Gasteiger partial charge on any atom is -0.481 e. The molecular weight excluding hydrogens is 596 g/mol. The normalized spacial score (nSPS) is 35.0. The van der Waals surface area contributed by atoms with Crippen LogP contribution in [0, 0.1) is 18.8 Å². The van der Waals surface area contributed by atoms with E-state index in [-0.39, 0.29) is 47.4 Å². The van der Waals surface area contributed by atoms with Gasteiger partial charge in [0.2, 0.25) is 16.6 Å². The number of allylic oxidation sites excluding steroid dienone is 1. The molecule has 6 N–H and O–H groups in total. The number of carbonyl (C=O) groups is 4. The van der Waals surface area contributed by atoms with Crippen molar-refractivity contribution in [1.29, 1.82) is 0 Å². The van der Waals surface area contributed by atoms with Crippen LogP contribution in [0.15, 0.2) is 35.2 Å².